The van der Waals surface area contributed by atoms with Gasteiger partial charge in [-0.05, 0) is 59.9 Å². The molecule has 1 amide bonds. The molecule has 1 aliphatic carbocycles. The van der Waals surface area contributed by atoms with Gasteiger partial charge in [0.05, 0.1) is 6.04 Å². The van der Waals surface area contributed by atoms with Crippen LogP contribution in [0.3, 0.4) is 0 Å². The summed E-state index contributed by atoms with van der Waals surface area (Å²) in [5, 5.41) is 16.0. The average molecular weight is 368 g/mol. The number of amides is 1. The predicted octanol–water partition coefficient (Wildman–Crippen LogP) is 3.19. The van der Waals surface area contributed by atoms with Crippen molar-refractivity contribution in [3.05, 3.63) is 64.7 Å². The molecule has 6 nitrogen and oxygen atoms in total. The van der Waals surface area contributed by atoms with E-state index >= 15 is 0 Å². The summed E-state index contributed by atoms with van der Waals surface area (Å²) in [6.07, 6.45) is 3.09. The summed E-state index contributed by atoms with van der Waals surface area (Å²) >= 11 is 5.89. The lowest BCUT2D eigenvalue weighted by Gasteiger charge is -2.26. The van der Waals surface area contributed by atoms with Gasteiger partial charge in [0.25, 0.3) is 0 Å². The molecule has 4 rings (SSSR count). The molecule has 1 heterocycles. The quantitative estimate of drug-likeness (QED) is 0.768. The van der Waals surface area contributed by atoms with Crippen LogP contribution >= 0.6 is 11.6 Å². The van der Waals surface area contributed by atoms with Crippen LogP contribution in [0.25, 0.3) is 11.4 Å². The Morgan fingerprint density at radius 3 is 2.85 bits per heavy atom. The van der Waals surface area contributed by atoms with Crippen molar-refractivity contribution in [3.63, 3.8) is 0 Å². The molecule has 1 aromatic heterocycles. The molecule has 2 aromatic carbocycles. The molecule has 1 aliphatic rings. The Bertz CT molecular complexity index is 922. The van der Waals surface area contributed by atoms with E-state index in [2.05, 4.69) is 32.9 Å². The van der Waals surface area contributed by atoms with Crippen molar-refractivity contribution < 1.29 is 4.79 Å². The highest BCUT2D eigenvalue weighted by molar-refractivity contribution is 6.30. The second kappa shape index (κ2) is 7.25. The number of carbonyl (C=O) groups is 1. The SMILES string of the molecule is O=C(Cn1nnc(-c2ccc(Cl)cc2)n1)N[C@@H]1CCCc2ccccc21. The van der Waals surface area contributed by atoms with Gasteiger partial charge in [-0.15, -0.1) is 10.2 Å². The third-order valence-corrected chi connectivity index (χ3v) is 4.80. The topological polar surface area (TPSA) is 72.7 Å². The Morgan fingerprint density at radius 1 is 1.19 bits per heavy atom. The summed E-state index contributed by atoms with van der Waals surface area (Å²) in [6, 6.07) is 15.5. The molecule has 0 radical (unpaired) electrons. The normalized spacial score (nSPS) is 16.1. The molecule has 0 spiro atoms. The van der Waals surface area contributed by atoms with Gasteiger partial charge in [0, 0.05) is 10.6 Å². The first-order valence-corrected chi connectivity index (χ1v) is 8.98. The molecule has 1 N–H and O–H groups in total. The number of fused-ring (bicyclic) bond motifs is 1. The van der Waals surface area contributed by atoms with Crippen LogP contribution in [0.4, 0.5) is 0 Å². The Hall–Kier alpha value is -2.73. The Kier molecular flexibility index (Phi) is 4.67. The van der Waals surface area contributed by atoms with Gasteiger partial charge in [0.15, 0.2) is 0 Å². The van der Waals surface area contributed by atoms with E-state index in [1.165, 1.54) is 15.9 Å². The minimum atomic E-state index is -0.119. The third-order valence-electron chi connectivity index (χ3n) is 4.54. The largest absolute Gasteiger partial charge is 0.348 e. The van der Waals surface area contributed by atoms with Crippen molar-refractivity contribution in [1.29, 1.82) is 0 Å². The highest BCUT2D eigenvalue weighted by Gasteiger charge is 2.21. The van der Waals surface area contributed by atoms with Crippen LogP contribution in [0.1, 0.15) is 30.0 Å². The molecule has 0 bridgehead atoms. The van der Waals surface area contributed by atoms with Gasteiger partial charge in [0.2, 0.25) is 11.7 Å². The molecule has 3 aromatic rings. The fourth-order valence-corrected chi connectivity index (χ4v) is 3.42. The molecule has 26 heavy (non-hydrogen) atoms. The maximum absolute atomic E-state index is 12.4. The van der Waals surface area contributed by atoms with E-state index in [0.29, 0.717) is 10.8 Å². The average Bonchev–Trinajstić information content (AvgIpc) is 3.11. The van der Waals surface area contributed by atoms with E-state index in [9.17, 15) is 4.79 Å². The monoisotopic (exact) mass is 367 g/mol. The van der Waals surface area contributed by atoms with Gasteiger partial charge < -0.3 is 5.32 Å². The van der Waals surface area contributed by atoms with Crippen LogP contribution in [-0.4, -0.2) is 26.1 Å². The molecular weight excluding hydrogens is 350 g/mol. The van der Waals surface area contributed by atoms with Crippen LogP contribution in [0.15, 0.2) is 48.5 Å². The highest BCUT2D eigenvalue weighted by Crippen LogP contribution is 2.29. The van der Waals surface area contributed by atoms with Crippen LogP contribution in [0.5, 0.6) is 0 Å². The first-order valence-electron chi connectivity index (χ1n) is 8.60. The second-order valence-corrected chi connectivity index (χ2v) is 6.80. The minimum Gasteiger partial charge on any atom is -0.348 e. The van der Waals surface area contributed by atoms with Crippen LogP contribution in [-0.2, 0) is 17.8 Å². The fraction of sp³-hybridized carbons (Fsp3) is 0.263. The number of hydrogen-bond donors (Lipinski definition) is 1. The van der Waals surface area contributed by atoms with Gasteiger partial charge in [-0.3, -0.25) is 4.79 Å². The summed E-state index contributed by atoms with van der Waals surface area (Å²) in [4.78, 5) is 13.7. The number of benzene rings is 2. The fourth-order valence-electron chi connectivity index (χ4n) is 3.30. The van der Waals surface area contributed by atoms with E-state index in [-0.39, 0.29) is 18.5 Å². The van der Waals surface area contributed by atoms with Crippen molar-refractivity contribution in [3.8, 4) is 11.4 Å². The first-order chi connectivity index (χ1) is 12.7. The second-order valence-electron chi connectivity index (χ2n) is 6.36. The van der Waals surface area contributed by atoms with Gasteiger partial charge in [-0.1, -0.05) is 35.9 Å². The van der Waals surface area contributed by atoms with Crippen molar-refractivity contribution >= 4 is 17.5 Å². The summed E-state index contributed by atoms with van der Waals surface area (Å²) in [6.45, 7) is 0.0409. The maximum atomic E-state index is 12.4. The first kappa shape index (κ1) is 16.7. The molecule has 0 saturated carbocycles. The number of aromatic nitrogens is 4. The summed E-state index contributed by atoms with van der Waals surface area (Å²) in [7, 11) is 0. The zero-order valence-corrected chi connectivity index (χ0v) is 14.9. The van der Waals surface area contributed by atoms with Crippen LogP contribution in [0.2, 0.25) is 5.02 Å². The van der Waals surface area contributed by atoms with Gasteiger partial charge >= 0.3 is 0 Å². The van der Waals surface area contributed by atoms with Crippen LogP contribution in [0, 0.1) is 0 Å². The van der Waals surface area contributed by atoms with Crippen LogP contribution < -0.4 is 5.32 Å². The Balaban J connectivity index is 1.42. The Labute approximate surface area is 156 Å². The molecule has 1 atom stereocenters. The van der Waals surface area contributed by atoms with Crippen molar-refractivity contribution in [2.24, 2.45) is 0 Å². The van der Waals surface area contributed by atoms with E-state index in [4.69, 9.17) is 11.6 Å². The number of nitrogens with one attached hydrogen (secondary N) is 1. The number of carbonyl (C=O) groups excluding carboxylic acids is 1. The lowest BCUT2D eigenvalue weighted by Crippen LogP contribution is -2.34. The molecule has 0 aliphatic heterocycles. The smallest absolute Gasteiger partial charge is 0.244 e. The number of halogens is 1. The third kappa shape index (κ3) is 3.60. The molecule has 0 fully saturated rings. The Morgan fingerprint density at radius 2 is 2.00 bits per heavy atom. The van der Waals surface area contributed by atoms with E-state index in [1.807, 2.05) is 24.3 Å². The number of aryl methyl sites for hydroxylation is 1. The number of rotatable bonds is 4. The van der Waals surface area contributed by atoms with E-state index in [0.717, 1.165) is 24.8 Å². The summed E-state index contributed by atoms with van der Waals surface area (Å²) < 4.78 is 0. The zero-order chi connectivity index (χ0) is 17.9. The summed E-state index contributed by atoms with van der Waals surface area (Å²) in [5.41, 5.74) is 3.33. The van der Waals surface area contributed by atoms with Crippen molar-refractivity contribution in [2.75, 3.05) is 0 Å². The molecule has 132 valence electrons. The predicted molar refractivity (Wildman–Crippen MR) is 98.5 cm³/mol. The van der Waals surface area contributed by atoms with E-state index < -0.39 is 0 Å². The molecule has 0 saturated heterocycles. The standard InChI is InChI=1S/C19H18ClN5O/c20-15-10-8-14(9-11-15)19-22-24-25(23-19)12-18(26)21-17-7-3-5-13-4-1-2-6-16(13)17/h1-2,4,6,8-11,17H,3,5,7,12H2,(H,21,26)/t17-/m1/s1. The molecular formula is C19H18ClN5O. The van der Waals surface area contributed by atoms with Crippen molar-refractivity contribution in [2.45, 2.75) is 31.8 Å². The molecule has 0 unspecified atom stereocenters. The maximum Gasteiger partial charge on any atom is 0.244 e. The van der Waals surface area contributed by atoms with E-state index in [1.54, 1.807) is 12.1 Å². The zero-order valence-electron chi connectivity index (χ0n) is 14.1. The highest BCUT2D eigenvalue weighted by atomic mass is 35.5. The number of hydrogen-bond acceptors (Lipinski definition) is 4. The summed E-state index contributed by atoms with van der Waals surface area (Å²) in [5.74, 6) is 0.351. The van der Waals surface area contributed by atoms with Gasteiger partial charge in [-0.2, -0.15) is 4.80 Å². The lowest BCUT2D eigenvalue weighted by atomic mass is 9.88. The van der Waals surface area contributed by atoms with Gasteiger partial charge in [-0.25, -0.2) is 0 Å². The van der Waals surface area contributed by atoms with Crippen molar-refractivity contribution in [1.82, 2.24) is 25.5 Å². The lowest BCUT2D eigenvalue weighted by molar-refractivity contribution is -0.122. The van der Waals surface area contributed by atoms with Gasteiger partial charge in [0.1, 0.15) is 6.54 Å². The number of tetrazole rings is 1. The number of nitrogens with zero attached hydrogens (tertiary/aromatic N) is 4. The molecule has 7 heteroatoms. The minimum absolute atomic E-state index is 0.0409.